The number of benzene rings is 4. The monoisotopic (exact) mass is 838 g/mol. The first-order chi connectivity index (χ1) is 27.4. The molecule has 4 aromatic carbocycles. The minimum Gasteiger partial charge on any atom is -0.354 e. The zero-order valence-corrected chi connectivity index (χ0v) is 32.5. The lowest BCUT2D eigenvalue weighted by Gasteiger charge is -2.26. The molecule has 298 valence electrons. The molecule has 57 heavy (non-hydrogen) atoms. The van der Waals surface area contributed by atoms with E-state index in [1.807, 2.05) is 6.92 Å². The number of pyridine rings is 1. The first kappa shape index (κ1) is 41.7. The number of unbranched alkanes of at least 4 members (excludes halogenated alkanes) is 1. The predicted molar refractivity (Wildman–Crippen MR) is 210 cm³/mol. The van der Waals surface area contributed by atoms with Crippen molar-refractivity contribution in [3.05, 3.63) is 105 Å². The number of hydrogen-bond donors (Lipinski definition) is 6. The fourth-order valence-electron chi connectivity index (χ4n) is 6.45. The molecule has 0 unspecified atom stereocenters. The lowest BCUT2D eigenvalue weighted by Crippen LogP contribution is -2.29. The number of nitrogens with zero attached hydrogens (tertiary/aromatic N) is 1. The van der Waals surface area contributed by atoms with E-state index in [2.05, 4.69) is 34.7 Å². The van der Waals surface area contributed by atoms with Crippen molar-refractivity contribution in [3.63, 3.8) is 0 Å². The van der Waals surface area contributed by atoms with Crippen LogP contribution in [0.2, 0.25) is 0 Å². The Bertz CT molecular complexity index is 2560. The van der Waals surface area contributed by atoms with Crippen LogP contribution in [0.1, 0.15) is 58.0 Å². The van der Waals surface area contributed by atoms with Gasteiger partial charge in [-0.15, -0.1) is 8.67 Å². The fraction of sp³-hybridized carbons (Fsp3) is 0.189. The lowest BCUT2D eigenvalue weighted by molar-refractivity contribution is -0.432. The van der Waals surface area contributed by atoms with Gasteiger partial charge in [0.25, 0.3) is 15.7 Å². The maximum absolute atomic E-state index is 14.5. The molecule has 6 rings (SSSR count). The van der Waals surface area contributed by atoms with E-state index in [0.717, 1.165) is 18.9 Å². The van der Waals surface area contributed by atoms with Crippen molar-refractivity contribution >= 4 is 79.6 Å². The van der Waals surface area contributed by atoms with Crippen LogP contribution in [0.3, 0.4) is 0 Å². The number of carbonyl (C=O) groups is 3. The number of ketones is 2. The lowest BCUT2D eigenvalue weighted by atomic mass is 9.80. The summed E-state index contributed by atoms with van der Waals surface area (Å²) in [6.07, 6.45) is 1.81. The van der Waals surface area contributed by atoms with Crippen LogP contribution in [0, 0.1) is 0 Å². The van der Waals surface area contributed by atoms with Crippen molar-refractivity contribution in [1.82, 2.24) is 9.88 Å². The molecule has 0 spiro atoms. The van der Waals surface area contributed by atoms with Crippen LogP contribution >= 0.6 is 24.1 Å². The highest BCUT2D eigenvalue weighted by Gasteiger charge is 2.34. The highest BCUT2D eigenvalue weighted by Crippen LogP contribution is 2.45. The summed E-state index contributed by atoms with van der Waals surface area (Å²) in [5.41, 5.74) is 0.0965. The zero-order chi connectivity index (χ0) is 40.9. The molecule has 1 aliphatic rings. The van der Waals surface area contributed by atoms with Crippen LogP contribution in [0.25, 0.3) is 22.0 Å². The molecule has 0 radical (unpaired) electrons. The largest absolute Gasteiger partial charge is 0.354 e. The van der Waals surface area contributed by atoms with E-state index < -0.39 is 38.0 Å². The Kier molecular flexibility index (Phi) is 13.2. The molecule has 0 saturated heterocycles. The Morgan fingerprint density at radius 2 is 1.58 bits per heavy atom. The SMILES string of the molecule is CCCCNCCC(=O)Nc1cc(Nc2ccc3c4c2C(=O)c2ccccc2-c4c(C(=O)c2cccc(SOOO)c2)c(=O)n3C)c(SOOO)cc1S(=O)(=O)O. The number of fused-ring (bicyclic) bond motifs is 2. The molecule has 17 nitrogen and oxygen atoms in total. The summed E-state index contributed by atoms with van der Waals surface area (Å²) >= 11 is 0.967. The van der Waals surface area contributed by atoms with Gasteiger partial charge >= 0.3 is 0 Å². The van der Waals surface area contributed by atoms with Gasteiger partial charge in [-0.25, -0.2) is 10.5 Å². The number of nitrogens with one attached hydrogen (secondary N) is 3. The van der Waals surface area contributed by atoms with Crippen LogP contribution in [-0.4, -0.2) is 58.6 Å². The van der Waals surface area contributed by atoms with E-state index in [1.54, 1.807) is 42.5 Å². The summed E-state index contributed by atoms with van der Waals surface area (Å²) in [5.74, 6) is -1.72. The summed E-state index contributed by atoms with van der Waals surface area (Å²) < 4.78 is 45.6. The number of amides is 1. The molecule has 20 heteroatoms. The highest BCUT2D eigenvalue weighted by molar-refractivity contribution is 7.95. The minimum atomic E-state index is -4.96. The van der Waals surface area contributed by atoms with Crippen LogP contribution in [0.15, 0.2) is 92.3 Å². The summed E-state index contributed by atoms with van der Waals surface area (Å²) in [6, 6.07) is 17.8. The first-order valence-corrected chi connectivity index (χ1v) is 20.0. The topological polar surface area (TPSA) is 241 Å². The average molecular weight is 839 g/mol. The third kappa shape index (κ3) is 8.81. The van der Waals surface area contributed by atoms with Crippen LogP contribution < -0.4 is 21.5 Å². The maximum Gasteiger partial charge on any atom is 0.296 e. The second-order valence-corrected chi connectivity index (χ2v) is 15.4. The van der Waals surface area contributed by atoms with E-state index in [9.17, 15) is 32.1 Å². The van der Waals surface area contributed by atoms with Gasteiger partial charge in [-0.1, -0.05) is 59.8 Å². The van der Waals surface area contributed by atoms with Gasteiger partial charge in [0, 0.05) is 47.0 Å². The van der Waals surface area contributed by atoms with Crippen molar-refractivity contribution in [2.75, 3.05) is 23.7 Å². The van der Waals surface area contributed by atoms with Gasteiger partial charge in [-0.05, 0) is 54.9 Å². The van der Waals surface area contributed by atoms with Crippen molar-refractivity contribution in [2.24, 2.45) is 7.05 Å². The molecule has 0 aliphatic heterocycles. The van der Waals surface area contributed by atoms with Gasteiger partial charge in [0.15, 0.2) is 11.6 Å². The molecule has 1 aromatic heterocycles. The summed E-state index contributed by atoms with van der Waals surface area (Å²) in [4.78, 5) is 55.5. The van der Waals surface area contributed by atoms with E-state index in [0.29, 0.717) is 53.2 Å². The number of hydrogen-bond acceptors (Lipinski definition) is 16. The van der Waals surface area contributed by atoms with Gasteiger partial charge in [0.05, 0.1) is 62.7 Å². The molecular weight excluding hydrogens is 805 g/mol. The molecule has 1 aliphatic carbocycles. The van der Waals surface area contributed by atoms with Gasteiger partial charge in [-0.3, -0.25) is 23.7 Å². The van der Waals surface area contributed by atoms with Gasteiger partial charge in [0.1, 0.15) is 4.90 Å². The van der Waals surface area contributed by atoms with Crippen molar-refractivity contribution < 1.29 is 56.6 Å². The van der Waals surface area contributed by atoms with Crippen molar-refractivity contribution in [1.29, 1.82) is 0 Å². The average Bonchev–Trinajstić information content (AvgIpc) is 3.19. The summed E-state index contributed by atoms with van der Waals surface area (Å²) in [6.45, 7) is 3.00. The molecule has 1 heterocycles. The molecular formula is C37H34N4O13S3. The van der Waals surface area contributed by atoms with Gasteiger partial charge in [-0.2, -0.15) is 8.42 Å². The van der Waals surface area contributed by atoms with Crippen LogP contribution in [0.5, 0.6) is 0 Å². The molecule has 0 saturated carbocycles. The third-order valence-corrected chi connectivity index (χ3v) is 11.1. The fourth-order valence-corrected chi connectivity index (χ4v) is 8.07. The Hall–Kier alpha value is -4.97. The van der Waals surface area contributed by atoms with Gasteiger partial charge < -0.3 is 20.5 Å². The molecule has 0 fully saturated rings. The Labute approximate surface area is 333 Å². The Morgan fingerprint density at radius 3 is 2.30 bits per heavy atom. The second kappa shape index (κ2) is 18.1. The number of carbonyl (C=O) groups excluding carboxylic acids is 3. The Balaban J connectivity index is 1.53. The smallest absolute Gasteiger partial charge is 0.296 e. The van der Waals surface area contributed by atoms with Crippen molar-refractivity contribution in [2.45, 2.75) is 40.9 Å². The summed E-state index contributed by atoms with van der Waals surface area (Å²) in [7, 11) is -3.50. The maximum atomic E-state index is 14.5. The first-order valence-electron chi connectivity index (χ1n) is 17.1. The number of aromatic nitrogens is 1. The minimum absolute atomic E-state index is 0.0224. The molecule has 0 bridgehead atoms. The number of anilines is 3. The Morgan fingerprint density at radius 1 is 0.842 bits per heavy atom. The van der Waals surface area contributed by atoms with Crippen LogP contribution in [0.4, 0.5) is 17.1 Å². The van der Waals surface area contributed by atoms with Gasteiger partial charge in [0.2, 0.25) is 5.91 Å². The second-order valence-electron chi connectivity index (χ2n) is 12.5. The highest BCUT2D eigenvalue weighted by atomic mass is 32.2. The van der Waals surface area contributed by atoms with Crippen LogP contribution in [-0.2, 0) is 40.7 Å². The van der Waals surface area contributed by atoms with E-state index >= 15 is 0 Å². The standard InChI is InChI=1S/C37H34N4O13S3/c1-3-4-15-38-16-14-30(42)40-26-18-25(28(56-54-52-47)19-29(26)57(48,49)50)39-24-12-13-27-33-31(22-10-5-6-11-23(22)36(44)32(24)33)34(37(45)41(27)2)35(43)20-8-7-9-21(17-20)55-53-51-46/h5-13,17-19,38-39,46-47H,3-4,14-16H2,1-2H3,(H,40,42)(H,48,49,50). The van der Waals surface area contributed by atoms with E-state index in [-0.39, 0.29) is 61.6 Å². The molecule has 5 aromatic rings. The molecule has 1 amide bonds. The normalized spacial score (nSPS) is 12.1. The third-order valence-electron chi connectivity index (χ3n) is 9.01. The zero-order valence-electron chi connectivity index (χ0n) is 30.1. The number of aryl methyl sites for hydroxylation is 1. The van der Waals surface area contributed by atoms with E-state index in [4.69, 9.17) is 10.5 Å². The van der Waals surface area contributed by atoms with Crippen molar-refractivity contribution in [3.8, 4) is 11.1 Å². The summed E-state index contributed by atoms with van der Waals surface area (Å²) in [5, 5.41) is 34.0. The van der Waals surface area contributed by atoms with E-state index in [1.165, 1.54) is 35.9 Å². The number of rotatable bonds is 18. The molecule has 6 N–H and O–H groups in total. The quantitative estimate of drug-likeness (QED) is 0.0134. The predicted octanol–water partition coefficient (Wildman–Crippen LogP) is 6.55. The molecule has 0 atom stereocenters.